The number of nitrogens with zero attached hydrogens (tertiary/aromatic N) is 2. The second-order valence-electron chi connectivity index (χ2n) is 6.45. The van der Waals surface area contributed by atoms with E-state index in [1.807, 2.05) is 12.1 Å². The standard InChI is InChI=1S/C22H15BrFN3O2/c23-16-4-1-5-18(11-16)26-20-19(15-6-8-17(24)9-7-15)21(28)27(22(20)29)13-14-3-2-10-25-12-14/h1-12,26H,13H2. The van der Waals surface area contributed by atoms with Crippen LogP contribution in [0.3, 0.4) is 0 Å². The van der Waals surface area contributed by atoms with Gasteiger partial charge in [-0.25, -0.2) is 4.39 Å². The van der Waals surface area contributed by atoms with Gasteiger partial charge in [-0.2, -0.15) is 0 Å². The topological polar surface area (TPSA) is 62.3 Å². The van der Waals surface area contributed by atoms with Crippen molar-refractivity contribution in [2.45, 2.75) is 6.54 Å². The molecule has 144 valence electrons. The highest BCUT2D eigenvalue weighted by Crippen LogP contribution is 2.32. The van der Waals surface area contributed by atoms with Crippen LogP contribution in [0.15, 0.2) is 83.2 Å². The Morgan fingerprint density at radius 3 is 2.48 bits per heavy atom. The molecule has 0 aliphatic carbocycles. The van der Waals surface area contributed by atoms with Gasteiger partial charge in [-0.15, -0.1) is 0 Å². The van der Waals surface area contributed by atoms with Crippen molar-refractivity contribution in [3.8, 4) is 0 Å². The second kappa shape index (κ2) is 7.97. The molecular formula is C22H15BrFN3O2. The van der Waals surface area contributed by atoms with Gasteiger partial charge in [0.05, 0.1) is 12.1 Å². The van der Waals surface area contributed by atoms with Gasteiger partial charge in [-0.05, 0) is 47.5 Å². The molecule has 1 aliphatic heterocycles. The lowest BCUT2D eigenvalue weighted by Crippen LogP contribution is -2.32. The maximum atomic E-state index is 13.4. The summed E-state index contributed by atoms with van der Waals surface area (Å²) in [6, 6.07) is 16.3. The Balaban J connectivity index is 1.75. The highest BCUT2D eigenvalue weighted by atomic mass is 79.9. The number of pyridine rings is 1. The molecule has 4 rings (SSSR count). The fraction of sp³-hybridized carbons (Fsp3) is 0.0455. The lowest BCUT2D eigenvalue weighted by atomic mass is 10.0. The number of imide groups is 1. The van der Waals surface area contributed by atoms with Crippen LogP contribution >= 0.6 is 15.9 Å². The Kier molecular flexibility index (Phi) is 5.22. The highest BCUT2D eigenvalue weighted by molar-refractivity contribution is 9.10. The molecule has 0 bridgehead atoms. The third-order valence-electron chi connectivity index (χ3n) is 4.46. The van der Waals surface area contributed by atoms with E-state index < -0.39 is 17.6 Å². The fourth-order valence-corrected chi connectivity index (χ4v) is 3.50. The summed E-state index contributed by atoms with van der Waals surface area (Å²) < 4.78 is 14.2. The Morgan fingerprint density at radius 2 is 1.79 bits per heavy atom. The highest BCUT2D eigenvalue weighted by Gasteiger charge is 2.39. The second-order valence-corrected chi connectivity index (χ2v) is 7.37. The van der Waals surface area contributed by atoms with Crippen molar-refractivity contribution >= 4 is 39.0 Å². The molecule has 1 aliphatic rings. The molecule has 29 heavy (non-hydrogen) atoms. The van der Waals surface area contributed by atoms with E-state index in [0.29, 0.717) is 11.3 Å². The van der Waals surface area contributed by atoms with E-state index in [1.165, 1.54) is 24.3 Å². The van der Waals surface area contributed by atoms with Crippen molar-refractivity contribution in [3.05, 3.63) is 100 Å². The molecule has 3 aromatic rings. The van der Waals surface area contributed by atoms with Gasteiger partial charge in [0, 0.05) is 22.6 Å². The van der Waals surface area contributed by atoms with Crippen molar-refractivity contribution in [1.82, 2.24) is 9.88 Å². The van der Waals surface area contributed by atoms with Crippen molar-refractivity contribution in [1.29, 1.82) is 0 Å². The van der Waals surface area contributed by atoms with Crippen LogP contribution in [0.25, 0.3) is 5.57 Å². The summed E-state index contributed by atoms with van der Waals surface area (Å²) in [7, 11) is 0. The van der Waals surface area contributed by atoms with Gasteiger partial charge in [-0.3, -0.25) is 19.5 Å². The summed E-state index contributed by atoms with van der Waals surface area (Å²) in [6.45, 7) is 0.0971. The first-order chi connectivity index (χ1) is 14.0. The van der Waals surface area contributed by atoms with Gasteiger partial charge >= 0.3 is 0 Å². The molecule has 0 unspecified atom stereocenters. The average Bonchev–Trinajstić information content (AvgIpc) is 2.94. The molecule has 2 amide bonds. The van der Waals surface area contributed by atoms with Gasteiger partial charge in [0.25, 0.3) is 11.8 Å². The first-order valence-corrected chi connectivity index (χ1v) is 9.60. The Morgan fingerprint density at radius 1 is 1.00 bits per heavy atom. The van der Waals surface area contributed by atoms with Crippen molar-refractivity contribution in [3.63, 3.8) is 0 Å². The van der Waals surface area contributed by atoms with E-state index in [2.05, 4.69) is 26.2 Å². The minimum absolute atomic E-state index is 0.0971. The minimum atomic E-state index is -0.446. The summed E-state index contributed by atoms with van der Waals surface area (Å²) >= 11 is 3.40. The summed E-state index contributed by atoms with van der Waals surface area (Å²) in [5.74, 6) is -1.30. The Hall–Kier alpha value is -3.32. The van der Waals surface area contributed by atoms with E-state index in [9.17, 15) is 14.0 Å². The molecule has 0 radical (unpaired) electrons. The molecule has 1 N–H and O–H groups in total. The van der Waals surface area contributed by atoms with E-state index in [4.69, 9.17) is 0 Å². The maximum Gasteiger partial charge on any atom is 0.278 e. The smallest absolute Gasteiger partial charge is 0.278 e. The molecule has 2 heterocycles. The van der Waals surface area contributed by atoms with E-state index >= 15 is 0 Å². The summed E-state index contributed by atoms with van der Waals surface area (Å²) in [5, 5.41) is 3.07. The number of anilines is 1. The van der Waals surface area contributed by atoms with E-state index in [1.54, 1.807) is 36.7 Å². The first kappa shape index (κ1) is 19.0. The molecule has 5 nitrogen and oxygen atoms in total. The molecule has 7 heteroatoms. The quantitative estimate of drug-likeness (QED) is 0.584. The van der Waals surface area contributed by atoms with Crippen LogP contribution in [0.1, 0.15) is 11.1 Å². The molecule has 0 saturated carbocycles. The minimum Gasteiger partial charge on any atom is -0.350 e. The van der Waals surface area contributed by atoms with Crippen LogP contribution in [-0.2, 0) is 16.1 Å². The summed E-state index contributed by atoms with van der Waals surface area (Å²) in [4.78, 5) is 31.5. The van der Waals surface area contributed by atoms with Gasteiger partial charge in [-0.1, -0.05) is 40.2 Å². The van der Waals surface area contributed by atoms with Crippen molar-refractivity contribution in [2.24, 2.45) is 0 Å². The number of aromatic nitrogens is 1. The zero-order chi connectivity index (χ0) is 20.4. The number of carbonyl (C=O) groups excluding carboxylic acids is 2. The van der Waals surface area contributed by atoms with Gasteiger partial charge in [0.2, 0.25) is 0 Å². The molecule has 0 saturated heterocycles. The van der Waals surface area contributed by atoms with Gasteiger partial charge < -0.3 is 5.32 Å². The lowest BCUT2D eigenvalue weighted by molar-refractivity contribution is -0.137. The van der Waals surface area contributed by atoms with Crippen LogP contribution in [0.5, 0.6) is 0 Å². The van der Waals surface area contributed by atoms with Crippen LogP contribution in [0, 0.1) is 5.82 Å². The zero-order valence-electron chi connectivity index (χ0n) is 15.1. The Labute approximate surface area is 175 Å². The molecule has 0 atom stereocenters. The van der Waals surface area contributed by atoms with Crippen molar-refractivity contribution < 1.29 is 14.0 Å². The number of hydrogen-bond donors (Lipinski definition) is 1. The largest absolute Gasteiger partial charge is 0.350 e. The predicted octanol–water partition coefficient (Wildman–Crippen LogP) is 4.38. The van der Waals surface area contributed by atoms with Crippen LogP contribution < -0.4 is 5.32 Å². The number of rotatable bonds is 5. The van der Waals surface area contributed by atoms with Crippen LogP contribution in [-0.4, -0.2) is 21.7 Å². The summed E-state index contributed by atoms with van der Waals surface area (Å²) in [5.41, 5.74) is 2.22. The fourth-order valence-electron chi connectivity index (χ4n) is 3.10. The molecule has 0 fully saturated rings. The number of halogens is 2. The van der Waals surface area contributed by atoms with Gasteiger partial charge in [0.1, 0.15) is 11.5 Å². The molecule has 0 spiro atoms. The van der Waals surface area contributed by atoms with Crippen molar-refractivity contribution in [2.75, 3.05) is 5.32 Å². The number of amides is 2. The maximum absolute atomic E-state index is 13.4. The summed E-state index contributed by atoms with van der Waals surface area (Å²) in [6.07, 6.45) is 3.23. The number of nitrogens with one attached hydrogen (secondary N) is 1. The Bertz CT molecular complexity index is 1110. The number of carbonyl (C=O) groups is 2. The van der Waals surface area contributed by atoms with E-state index in [-0.39, 0.29) is 17.8 Å². The third kappa shape index (κ3) is 3.95. The average molecular weight is 452 g/mol. The zero-order valence-corrected chi connectivity index (χ0v) is 16.7. The molecule has 2 aromatic carbocycles. The lowest BCUT2D eigenvalue weighted by Gasteiger charge is -2.15. The first-order valence-electron chi connectivity index (χ1n) is 8.81. The SMILES string of the molecule is O=C1C(Nc2cccc(Br)c2)=C(c2ccc(F)cc2)C(=O)N1Cc1cccnc1. The van der Waals surface area contributed by atoms with Crippen LogP contribution in [0.2, 0.25) is 0 Å². The van der Waals surface area contributed by atoms with E-state index in [0.717, 1.165) is 14.9 Å². The predicted molar refractivity (Wildman–Crippen MR) is 111 cm³/mol. The number of benzene rings is 2. The molecular weight excluding hydrogens is 437 g/mol. The number of hydrogen-bond acceptors (Lipinski definition) is 4. The third-order valence-corrected chi connectivity index (χ3v) is 4.95. The van der Waals surface area contributed by atoms with Gasteiger partial charge in [0.15, 0.2) is 0 Å². The monoisotopic (exact) mass is 451 g/mol. The normalized spacial score (nSPS) is 13.9. The van der Waals surface area contributed by atoms with Crippen LogP contribution in [0.4, 0.5) is 10.1 Å². The molecule has 1 aromatic heterocycles.